The van der Waals surface area contributed by atoms with Crippen LogP contribution in [-0.4, -0.2) is 42.8 Å². The number of carboxylic acid groups (broad SMARTS) is 1. The van der Waals surface area contributed by atoms with Crippen LogP contribution in [0.5, 0.6) is 5.75 Å². The van der Waals surface area contributed by atoms with Crippen molar-refractivity contribution in [2.45, 2.75) is 13.0 Å². The number of benzene rings is 1. The van der Waals surface area contributed by atoms with Crippen molar-refractivity contribution in [2.24, 2.45) is 0 Å². The predicted octanol–water partition coefficient (Wildman–Crippen LogP) is 0.833. The second kappa shape index (κ2) is 7.73. The molecule has 0 radical (unpaired) electrons. The van der Waals surface area contributed by atoms with E-state index in [0.29, 0.717) is 11.4 Å². The summed E-state index contributed by atoms with van der Waals surface area (Å²) in [5, 5.41) is 13.4. The molecule has 0 bridgehead atoms. The van der Waals surface area contributed by atoms with E-state index in [1.165, 1.54) is 20.1 Å². The Kier molecular flexibility index (Phi) is 5.99. The number of hydrogen-bond donors (Lipinski definition) is 3. The molecular weight excluding hydrogens is 280 g/mol. The van der Waals surface area contributed by atoms with Crippen molar-refractivity contribution in [3.63, 3.8) is 0 Å². The van der Waals surface area contributed by atoms with E-state index in [1.807, 2.05) is 0 Å². The molecule has 0 spiro atoms. The number of carbonyl (C=O) groups excluding carboxylic acids is 2. The zero-order valence-electron chi connectivity index (χ0n) is 11.6. The number of carboxylic acids is 1. The van der Waals surface area contributed by atoms with Crippen molar-refractivity contribution in [1.29, 1.82) is 0 Å². The molecule has 1 aromatic rings. The van der Waals surface area contributed by atoms with Crippen molar-refractivity contribution in [1.82, 2.24) is 5.32 Å². The van der Waals surface area contributed by atoms with Gasteiger partial charge in [-0.3, -0.25) is 0 Å². The Morgan fingerprint density at radius 1 is 1.33 bits per heavy atom. The third kappa shape index (κ3) is 5.81. The molecule has 1 aromatic carbocycles. The van der Waals surface area contributed by atoms with Gasteiger partial charge in [0.05, 0.1) is 7.11 Å². The quantitative estimate of drug-likeness (QED) is 0.670. The third-order valence-electron chi connectivity index (χ3n) is 2.36. The Morgan fingerprint density at radius 2 is 2.05 bits per heavy atom. The molecule has 8 nitrogen and oxygen atoms in total. The summed E-state index contributed by atoms with van der Waals surface area (Å²) in [6.07, 6.45) is 0. The minimum absolute atomic E-state index is 0.302. The highest BCUT2D eigenvalue weighted by Gasteiger charge is 2.15. The number of aliphatic carboxylic acids is 1. The molecule has 0 aliphatic heterocycles. The number of hydrogen-bond acceptors (Lipinski definition) is 5. The van der Waals surface area contributed by atoms with Gasteiger partial charge in [0.1, 0.15) is 11.8 Å². The Labute approximate surface area is 121 Å². The van der Waals surface area contributed by atoms with Crippen LogP contribution in [0.15, 0.2) is 24.3 Å². The molecule has 2 amide bonds. The summed E-state index contributed by atoms with van der Waals surface area (Å²) >= 11 is 0. The van der Waals surface area contributed by atoms with Gasteiger partial charge in [-0.05, 0) is 19.1 Å². The van der Waals surface area contributed by atoms with E-state index in [0.717, 1.165) is 0 Å². The first kappa shape index (κ1) is 16.3. The third-order valence-corrected chi connectivity index (χ3v) is 2.36. The van der Waals surface area contributed by atoms with Gasteiger partial charge >= 0.3 is 18.0 Å². The normalized spacial score (nSPS) is 11.1. The first-order valence-corrected chi connectivity index (χ1v) is 6.02. The number of urea groups is 1. The van der Waals surface area contributed by atoms with Crippen LogP contribution in [0.3, 0.4) is 0 Å². The zero-order valence-corrected chi connectivity index (χ0v) is 11.6. The summed E-state index contributed by atoms with van der Waals surface area (Å²) in [6, 6.07) is 4.82. The van der Waals surface area contributed by atoms with Crippen molar-refractivity contribution in [3.8, 4) is 5.75 Å². The number of esters is 1. The van der Waals surface area contributed by atoms with Crippen molar-refractivity contribution in [3.05, 3.63) is 24.3 Å². The second-order valence-corrected chi connectivity index (χ2v) is 4.05. The van der Waals surface area contributed by atoms with Gasteiger partial charge in [0, 0.05) is 11.8 Å². The molecule has 0 saturated heterocycles. The second-order valence-electron chi connectivity index (χ2n) is 4.05. The SMILES string of the molecule is COC(=O)C(C)NC(=O)Nc1cccc(OCC(=O)O)c1. The number of ether oxygens (including phenoxy) is 2. The Balaban J connectivity index is 2.58. The lowest BCUT2D eigenvalue weighted by Crippen LogP contribution is -2.41. The monoisotopic (exact) mass is 296 g/mol. The molecule has 0 aromatic heterocycles. The summed E-state index contributed by atoms with van der Waals surface area (Å²) in [4.78, 5) is 33.2. The summed E-state index contributed by atoms with van der Waals surface area (Å²) in [6.45, 7) is 1.01. The van der Waals surface area contributed by atoms with Crippen LogP contribution in [0.4, 0.5) is 10.5 Å². The molecule has 0 saturated carbocycles. The maximum Gasteiger partial charge on any atom is 0.341 e. The van der Waals surface area contributed by atoms with E-state index in [9.17, 15) is 14.4 Å². The van der Waals surface area contributed by atoms with Gasteiger partial charge in [-0.1, -0.05) is 6.07 Å². The van der Waals surface area contributed by atoms with Gasteiger partial charge < -0.3 is 25.2 Å². The van der Waals surface area contributed by atoms with Gasteiger partial charge in [-0.15, -0.1) is 0 Å². The Bertz CT molecular complexity index is 531. The topological polar surface area (TPSA) is 114 Å². The fourth-order valence-electron chi connectivity index (χ4n) is 1.41. The van der Waals surface area contributed by atoms with Gasteiger partial charge in [0.25, 0.3) is 0 Å². The maximum atomic E-state index is 11.7. The number of amides is 2. The molecule has 1 rings (SSSR count). The standard InChI is InChI=1S/C13H16N2O6/c1-8(12(18)20-2)14-13(19)15-9-4-3-5-10(6-9)21-7-11(16)17/h3-6,8H,7H2,1-2H3,(H,16,17)(H2,14,15,19). The summed E-state index contributed by atoms with van der Waals surface area (Å²) in [7, 11) is 1.22. The lowest BCUT2D eigenvalue weighted by atomic mass is 10.3. The number of rotatable bonds is 6. The van der Waals surface area contributed by atoms with Crippen LogP contribution in [0.1, 0.15) is 6.92 Å². The van der Waals surface area contributed by atoms with E-state index >= 15 is 0 Å². The molecular formula is C13H16N2O6. The molecule has 0 heterocycles. The Morgan fingerprint density at radius 3 is 2.67 bits per heavy atom. The molecule has 114 valence electrons. The number of anilines is 1. The van der Waals surface area contributed by atoms with Crippen molar-refractivity contribution >= 4 is 23.7 Å². The maximum absolute atomic E-state index is 11.7. The highest BCUT2D eigenvalue weighted by Crippen LogP contribution is 2.17. The van der Waals surface area contributed by atoms with Crippen LogP contribution >= 0.6 is 0 Å². The number of nitrogens with one attached hydrogen (secondary N) is 2. The molecule has 3 N–H and O–H groups in total. The largest absolute Gasteiger partial charge is 0.482 e. The summed E-state index contributed by atoms with van der Waals surface area (Å²) in [5.41, 5.74) is 0.396. The van der Waals surface area contributed by atoms with Crippen LogP contribution in [0.2, 0.25) is 0 Å². The highest BCUT2D eigenvalue weighted by molar-refractivity contribution is 5.92. The average molecular weight is 296 g/mol. The van der Waals surface area contributed by atoms with Crippen LogP contribution in [0.25, 0.3) is 0 Å². The molecule has 0 aliphatic rings. The minimum atomic E-state index is -1.10. The van der Waals surface area contributed by atoms with Crippen molar-refractivity contribution in [2.75, 3.05) is 19.0 Å². The Hall–Kier alpha value is -2.77. The lowest BCUT2D eigenvalue weighted by Gasteiger charge is -2.13. The first-order valence-electron chi connectivity index (χ1n) is 6.02. The predicted molar refractivity (Wildman–Crippen MR) is 73.2 cm³/mol. The number of methoxy groups -OCH3 is 1. The van der Waals surface area contributed by atoms with Gasteiger partial charge in [0.15, 0.2) is 6.61 Å². The molecule has 0 aliphatic carbocycles. The zero-order chi connectivity index (χ0) is 15.8. The molecule has 8 heteroatoms. The van der Waals surface area contributed by atoms with Gasteiger partial charge in [-0.25, -0.2) is 14.4 Å². The smallest absolute Gasteiger partial charge is 0.341 e. The summed E-state index contributed by atoms with van der Waals surface area (Å²) in [5.74, 6) is -1.36. The molecule has 0 fully saturated rings. The molecule has 1 atom stereocenters. The van der Waals surface area contributed by atoms with E-state index < -0.39 is 30.6 Å². The first-order chi connectivity index (χ1) is 9.92. The molecule has 21 heavy (non-hydrogen) atoms. The number of carbonyl (C=O) groups is 3. The fourth-order valence-corrected chi connectivity index (χ4v) is 1.41. The fraction of sp³-hybridized carbons (Fsp3) is 0.308. The van der Waals surface area contributed by atoms with E-state index in [4.69, 9.17) is 9.84 Å². The van der Waals surface area contributed by atoms with Gasteiger partial charge in [0.2, 0.25) is 0 Å². The van der Waals surface area contributed by atoms with E-state index in [1.54, 1.807) is 18.2 Å². The van der Waals surface area contributed by atoms with Crippen molar-refractivity contribution < 1.29 is 29.0 Å². The molecule has 1 unspecified atom stereocenters. The van der Waals surface area contributed by atoms with Crippen LogP contribution < -0.4 is 15.4 Å². The highest BCUT2D eigenvalue weighted by atomic mass is 16.5. The van der Waals surface area contributed by atoms with Crippen LogP contribution in [0, 0.1) is 0 Å². The van der Waals surface area contributed by atoms with E-state index in [2.05, 4.69) is 15.4 Å². The summed E-state index contributed by atoms with van der Waals surface area (Å²) < 4.78 is 9.46. The van der Waals surface area contributed by atoms with Crippen LogP contribution in [-0.2, 0) is 14.3 Å². The average Bonchev–Trinajstić information content (AvgIpc) is 2.44. The minimum Gasteiger partial charge on any atom is -0.482 e. The van der Waals surface area contributed by atoms with Gasteiger partial charge in [-0.2, -0.15) is 0 Å². The lowest BCUT2D eigenvalue weighted by molar-refractivity contribution is -0.142. The van der Waals surface area contributed by atoms with E-state index in [-0.39, 0.29) is 0 Å².